The van der Waals surface area contributed by atoms with E-state index in [0.717, 1.165) is 0 Å². The van der Waals surface area contributed by atoms with Crippen molar-refractivity contribution in [2.45, 2.75) is 18.2 Å². The number of rotatable bonds is 2. The Morgan fingerprint density at radius 1 is 1.40 bits per heavy atom. The quantitative estimate of drug-likeness (QED) is 0.488. The van der Waals surface area contributed by atoms with Crippen LogP contribution in [0.5, 0.6) is 0 Å². The lowest BCUT2D eigenvalue weighted by molar-refractivity contribution is -0.00967. The topological polar surface area (TPSA) is 27.7 Å². The molecule has 0 N–H and O–H groups in total. The van der Waals surface area contributed by atoms with Crippen LogP contribution in [0.15, 0.2) is 0 Å². The van der Waals surface area contributed by atoms with Gasteiger partial charge in [-0.05, 0) is 0 Å². The van der Waals surface area contributed by atoms with Crippen LogP contribution in [0.3, 0.4) is 0 Å². The highest BCUT2D eigenvalue weighted by molar-refractivity contribution is 6.11. The van der Waals surface area contributed by atoms with Crippen LogP contribution in [-0.2, 0) is 14.2 Å². The highest BCUT2D eigenvalue weighted by Gasteiger charge is 2.33. The molecule has 1 saturated heterocycles. The van der Waals surface area contributed by atoms with Crippen molar-refractivity contribution >= 4 is 7.85 Å². The lowest BCUT2D eigenvalue weighted by Gasteiger charge is -2.17. The van der Waals surface area contributed by atoms with Gasteiger partial charge in [0.15, 0.2) is 0 Å². The number of hydrogen-bond donors (Lipinski definition) is 0. The van der Waals surface area contributed by atoms with E-state index >= 15 is 0 Å². The van der Waals surface area contributed by atoms with Crippen LogP contribution in [0.2, 0.25) is 0 Å². The van der Waals surface area contributed by atoms with Crippen LogP contribution in [0.1, 0.15) is 0 Å². The van der Waals surface area contributed by atoms with E-state index < -0.39 is 0 Å². The van der Waals surface area contributed by atoms with Crippen molar-refractivity contribution in [3.8, 4) is 0 Å². The maximum atomic E-state index is 5.53. The molecule has 1 aliphatic heterocycles. The zero-order valence-electron chi connectivity index (χ0n) is 6.24. The lowest BCUT2D eigenvalue weighted by Crippen LogP contribution is -2.33. The SMILES string of the molecule is [B][C@@H]1OC[C@@H](OC)C1OC. The van der Waals surface area contributed by atoms with Gasteiger partial charge in [0, 0.05) is 20.2 Å². The molecule has 2 radical (unpaired) electrons. The summed E-state index contributed by atoms with van der Waals surface area (Å²) < 4.78 is 15.2. The third-order valence-electron chi connectivity index (χ3n) is 1.72. The molecule has 1 unspecified atom stereocenters. The highest BCUT2D eigenvalue weighted by Crippen LogP contribution is 2.16. The van der Waals surface area contributed by atoms with Gasteiger partial charge in [-0.25, -0.2) is 0 Å². The fraction of sp³-hybridized carbons (Fsp3) is 1.00. The molecule has 3 nitrogen and oxygen atoms in total. The van der Waals surface area contributed by atoms with E-state index in [1.54, 1.807) is 14.2 Å². The Hall–Kier alpha value is -0.0551. The van der Waals surface area contributed by atoms with Gasteiger partial charge in [-0.3, -0.25) is 0 Å². The van der Waals surface area contributed by atoms with Gasteiger partial charge >= 0.3 is 0 Å². The van der Waals surface area contributed by atoms with E-state index in [-0.39, 0.29) is 18.2 Å². The lowest BCUT2D eigenvalue weighted by atomic mass is 9.94. The minimum Gasteiger partial charge on any atom is -0.382 e. The molecule has 0 bridgehead atoms. The predicted octanol–water partition coefficient (Wildman–Crippen LogP) is -0.459. The second-order valence-electron chi connectivity index (χ2n) is 2.27. The summed E-state index contributed by atoms with van der Waals surface area (Å²) in [5.74, 6) is 0. The van der Waals surface area contributed by atoms with Gasteiger partial charge in [-0.1, -0.05) is 0 Å². The van der Waals surface area contributed by atoms with E-state index in [0.29, 0.717) is 6.61 Å². The summed E-state index contributed by atoms with van der Waals surface area (Å²) in [6, 6.07) is -0.338. The normalized spacial score (nSPS) is 40.4. The summed E-state index contributed by atoms with van der Waals surface area (Å²) in [4.78, 5) is 0. The monoisotopic (exact) mass is 142 g/mol. The minimum atomic E-state index is -0.338. The molecule has 3 atom stereocenters. The zero-order chi connectivity index (χ0) is 7.56. The Morgan fingerprint density at radius 3 is 2.50 bits per heavy atom. The van der Waals surface area contributed by atoms with E-state index in [2.05, 4.69) is 0 Å². The smallest absolute Gasteiger partial charge is 0.112 e. The second kappa shape index (κ2) is 3.37. The first-order valence-electron chi connectivity index (χ1n) is 3.22. The molecule has 4 heteroatoms. The Labute approximate surface area is 62.1 Å². The molecule has 0 amide bonds. The van der Waals surface area contributed by atoms with Gasteiger partial charge in [0.05, 0.1) is 6.61 Å². The molecular formula is C6H11BO3. The van der Waals surface area contributed by atoms with Crippen LogP contribution >= 0.6 is 0 Å². The molecule has 0 aliphatic carbocycles. The summed E-state index contributed by atoms with van der Waals surface area (Å²) in [6.45, 7) is 0.524. The number of methoxy groups -OCH3 is 2. The van der Waals surface area contributed by atoms with E-state index in [9.17, 15) is 0 Å². The Morgan fingerprint density at radius 2 is 2.10 bits per heavy atom. The van der Waals surface area contributed by atoms with Crippen molar-refractivity contribution in [3.63, 3.8) is 0 Å². The summed E-state index contributed by atoms with van der Waals surface area (Å²) in [5, 5.41) is 0. The minimum absolute atomic E-state index is 0.0139. The zero-order valence-corrected chi connectivity index (χ0v) is 6.24. The molecule has 1 aliphatic rings. The summed E-state index contributed by atoms with van der Waals surface area (Å²) in [5.41, 5.74) is 0. The molecule has 0 aromatic heterocycles. The predicted molar refractivity (Wildman–Crippen MR) is 37.1 cm³/mol. The van der Waals surface area contributed by atoms with Gasteiger partial charge in [0.2, 0.25) is 0 Å². The van der Waals surface area contributed by atoms with E-state index in [1.165, 1.54) is 0 Å². The van der Waals surface area contributed by atoms with Crippen LogP contribution < -0.4 is 0 Å². The molecule has 1 rings (SSSR count). The van der Waals surface area contributed by atoms with Gasteiger partial charge in [0.25, 0.3) is 0 Å². The van der Waals surface area contributed by atoms with Gasteiger partial charge < -0.3 is 14.2 Å². The molecule has 1 heterocycles. The van der Waals surface area contributed by atoms with Crippen LogP contribution in [0.25, 0.3) is 0 Å². The van der Waals surface area contributed by atoms with Gasteiger partial charge in [-0.2, -0.15) is 0 Å². The third-order valence-corrected chi connectivity index (χ3v) is 1.72. The van der Waals surface area contributed by atoms with Crippen molar-refractivity contribution in [2.75, 3.05) is 20.8 Å². The summed E-state index contributed by atoms with van der Waals surface area (Å²) in [6.07, 6.45) is -0.134. The van der Waals surface area contributed by atoms with Crippen LogP contribution in [0.4, 0.5) is 0 Å². The van der Waals surface area contributed by atoms with Crippen molar-refractivity contribution in [2.24, 2.45) is 0 Å². The molecule has 56 valence electrons. The fourth-order valence-electron chi connectivity index (χ4n) is 1.10. The van der Waals surface area contributed by atoms with Crippen LogP contribution in [0, 0.1) is 0 Å². The third kappa shape index (κ3) is 1.33. The summed E-state index contributed by atoms with van der Waals surface area (Å²) >= 11 is 0. The highest BCUT2D eigenvalue weighted by atomic mass is 16.6. The van der Waals surface area contributed by atoms with Gasteiger partial charge in [0.1, 0.15) is 20.1 Å². The number of ether oxygens (including phenoxy) is 3. The molecule has 0 saturated carbocycles. The maximum absolute atomic E-state index is 5.53. The standard InChI is InChI=1S/C6H11BO3/c1-8-4-3-10-6(7)5(4)9-2/h4-6H,3H2,1-2H3/t4-,5?,6-/m1/s1. The molecular weight excluding hydrogens is 131 g/mol. The first kappa shape index (κ1) is 8.05. The molecule has 1 fully saturated rings. The van der Waals surface area contributed by atoms with Crippen LogP contribution in [-0.4, -0.2) is 46.9 Å². The molecule has 10 heavy (non-hydrogen) atoms. The fourth-order valence-corrected chi connectivity index (χ4v) is 1.10. The average Bonchev–Trinajstić information content (AvgIpc) is 2.30. The molecule has 0 aromatic carbocycles. The van der Waals surface area contributed by atoms with E-state index in [1.807, 2.05) is 0 Å². The first-order chi connectivity index (χ1) is 4.79. The summed E-state index contributed by atoms with van der Waals surface area (Å²) in [7, 11) is 8.75. The van der Waals surface area contributed by atoms with E-state index in [4.69, 9.17) is 22.1 Å². The molecule has 0 aromatic rings. The molecule has 0 spiro atoms. The maximum Gasteiger partial charge on any atom is 0.112 e. The van der Waals surface area contributed by atoms with Gasteiger partial charge in [-0.15, -0.1) is 0 Å². The Bertz CT molecular complexity index is 109. The first-order valence-corrected chi connectivity index (χ1v) is 3.22. The van der Waals surface area contributed by atoms with Crippen molar-refractivity contribution < 1.29 is 14.2 Å². The largest absolute Gasteiger partial charge is 0.382 e. The number of hydrogen-bond acceptors (Lipinski definition) is 3. The van der Waals surface area contributed by atoms with Crippen molar-refractivity contribution in [1.82, 2.24) is 0 Å². The Kier molecular flexibility index (Phi) is 2.71. The van der Waals surface area contributed by atoms with Crippen molar-refractivity contribution in [1.29, 1.82) is 0 Å². The average molecular weight is 142 g/mol. The van der Waals surface area contributed by atoms with Crippen molar-refractivity contribution in [3.05, 3.63) is 0 Å². The Balaban J connectivity index is 2.45. The second-order valence-corrected chi connectivity index (χ2v) is 2.27.